The summed E-state index contributed by atoms with van der Waals surface area (Å²) in [6.45, 7) is 0. The number of allylic oxidation sites excluding steroid dienone is 3. The highest BCUT2D eigenvalue weighted by molar-refractivity contribution is 9.10. The van der Waals surface area contributed by atoms with Gasteiger partial charge in [-0.05, 0) is 47.2 Å². The van der Waals surface area contributed by atoms with Gasteiger partial charge in [0.05, 0.1) is 7.11 Å². The highest BCUT2D eigenvalue weighted by Crippen LogP contribution is 2.45. The summed E-state index contributed by atoms with van der Waals surface area (Å²) >= 11 is 3.54. The molecule has 0 radical (unpaired) electrons. The quantitative estimate of drug-likeness (QED) is 0.410. The van der Waals surface area contributed by atoms with Crippen molar-refractivity contribution in [3.05, 3.63) is 112 Å². The number of methoxy groups -OCH3 is 1. The van der Waals surface area contributed by atoms with Gasteiger partial charge >= 0.3 is 0 Å². The Morgan fingerprint density at radius 3 is 2.36 bits per heavy atom. The maximum absolute atomic E-state index is 5.67. The van der Waals surface area contributed by atoms with E-state index in [4.69, 9.17) is 4.74 Å². The Balaban J connectivity index is 1.70. The SMILES string of the molecule is COc1ccccc1[C@@H]1C=C(c2ccc(Br)cc2)C[C@H]1/C=C/c1ccccc1. The summed E-state index contributed by atoms with van der Waals surface area (Å²) < 4.78 is 6.77. The van der Waals surface area contributed by atoms with Crippen LogP contribution in [0.25, 0.3) is 11.6 Å². The number of benzene rings is 3. The number of halogens is 1. The first-order valence-corrected chi connectivity index (χ1v) is 10.4. The third-order valence-corrected chi connectivity index (χ3v) is 5.87. The lowest BCUT2D eigenvalue weighted by Gasteiger charge is -2.19. The zero-order chi connectivity index (χ0) is 19.3. The van der Waals surface area contributed by atoms with Crippen LogP contribution in [0.15, 0.2) is 95.5 Å². The van der Waals surface area contributed by atoms with E-state index in [1.165, 1.54) is 22.3 Å². The van der Waals surface area contributed by atoms with E-state index in [9.17, 15) is 0 Å². The van der Waals surface area contributed by atoms with Gasteiger partial charge in [-0.25, -0.2) is 0 Å². The van der Waals surface area contributed by atoms with Crippen molar-refractivity contribution in [2.75, 3.05) is 7.11 Å². The fourth-order valence-corrected chi connectivity index (χ4v) is 4.18. The summed E-state index contributed by atoms with van der Waals surface area (Å²) in [4.78, 5) is 0. The first-order chi connectivity index (χ1) is 13.7. The summed E-state index contributed by atoms with van der Waals surface area (Å²) in [6.07, 6.45) is 8.04. The average molecular weight is 431 g/mol. The zero-order valence-corrected chi connectivity index (χ0v) is 17.5. The minimum absolute atomic E-state index is 0.301. The molecule has 3 aromatic carbocycles. The Hall–Kier alpha value is -2.58. The normalized spacial score (nSPS) is 19.0. The molecule has 1 aliphatic rings. The van der Waals surface area contributed by atoms with Gasteiger partial charge in [-0.1, -0.05) is 94.8 Å². The maximum Gasteiger partial charge on any atom is 0.122 e. The van der Waals surface area contributed by atoms with E-state index < -0.39 is 0 Å². The summed E-state index contributed by atoms with van der Waals surface area (Å²) in [6, 6.07) is 27.5. The molecule has 2 atom stereocenters. The Morgan fingerprint density at radius 1 is 0.893 bits per heavy atom. The molecule has 4 rings (SSSR count). The minimum Gasteiger partial charge on any atom is -0.496 e. The van der Waals surface area contributed by atoms with E-state index in [1.807, 2.05) is 6.07 Å². The molecule has 0 heterocycles. The molecule has 28 heavy (non-hydrogen) atoms. The number of hydrogen-bond acceptors (Lipinski definition) is 1. The molecule has 0 aromatic heterocycles. The molecule has 0 fully saturated rings. The summed E-state index contributed by atoms with van der Waals surface area (Å²) in [5.74, 6) is 1.66. The summed E-state index contributed by atoms with van der Waals surface area (Å²) in [7, 11) is 1.75. The number of para-hydroxylation sites is 1. The lowest BCUT2D eigenvalue weighted by atomic mass is 9.87. The molecule has 0 saturated carbocycles. The lowest BCUT2D eigenvalue weighted by Crippen LogP contribution is -2.05. The minimum atomic E-state index is 0.301. The van der Waals surface area contributed by atoms with E-state index >= 15 is 0 Å². The van der Waals surface area contributed by atoms with Crippen LogP contribution >= 0.6 is 15.9 Å². The van der Waals surface area contributed by atoms with Gasteiger partial charge in [-0.3, -0.25) is 0 Å². The van der Waals surface area contributed by atoms with Crippen molar-refractivity contribution in [2.24, 2.45) is 5.92 Å². The molecule has 1 aliphatic carbocycles. The highest BCUT2D eigenvalue weighted by atomic mass is 79.9. The number of rotatable bonds is 5. The van der Waals surface area contributed by atoms with Crippen LogP contribution in [0, 0.1) is 5.92 Å². The first kappa shape index (κ1) is 18.8. The van der Waals surface area contributed by atoms with Crippen molar-refractivity contribution in [1.82, 2.24) is 0 Å². The predicted molar refractivity (Wildman–Crippen MR) is 121 cm³/mol. The molecule has 3 aromatic rings. The second-order valence-corrected chi connectivity index (χ2v) is 8.02. The Labute approximate surface area is 175 Å². The second-order valence-electron chi connectivity index (χ2n) is 7.10. The van der Waals surface area contributed by atoms with Gasteiger partial charge in [0.2, 0.25) is 0 Å². The molecule has 0 aliphatic heterocycles. The van der Waals surface area contributed by atoms with Crippen molar-refractivity contribution >= 4 is 27.6 Å². The van der Waals surface area contributed by atoms with Gasteiger partial charge in [0.15, 0.2) is 0 Å². The predicted octanol–water partition coefficient (Wildman–Crippen LogP) is 7.36. The molecule has 0 N–H and O–H groups in total. The molecule has 2 heteroatoms. The molecule has 0 amide bonds. The van der Waals surface area contributed by atoms with Gasteiger partial charge in [-0.15, -0.1) is 0 Å². The second kappa shape index (κ2) is 8.62. The first-order valence-electron chi connectivity index (χ1n) is 9.57. The topological polar surface area (TPSA) is 9.23 Å². The van der Waals surface area contributed by atoms with Crippen molar-refractivity contribution in [3.8, 4) is 5.75 Å². The van der Waals surface area contributed by atoms with E-state index in [1.54, 1.807) is 7.11 Å². The van der Waals surface area contributed by atoms with Crippen LogP contribution < -0.4 is 4.74 Å². The lowest BCUT2D eigenvalue weighted by molar-refractivity contribution is 0.405. The highest BCUT2D eigenvalue weighted by Gasteiger charge is 2.29. The number of ether oxygens (including phenoxy) is 1. The van der Waals surface area contributed by atoms with Crippen LogP contribution in [0.1, 0.15) is 29.0 Å². The van der Waals surface area contributed by atoms with E-state index in [-0.39, 0.29) is 0 Å². The van der Waals surface area contributed by atoms with Gasteiger partial charge in [-0.2, -0.15) is 0 Å². The van der Waals surface area contributed by atoms with Crippen LogP contribution in [0.2, 0.25) is 0 Å². The molecule has 0 saturated heterocycles. The van der Waals surface area contributed by atoms with E-state index in [0.29, 0.717) is 11.8 Å². The van der Waals surface area contributed by atoms with Crippen LogP contribution in [-0.2, 0) is 0 Å². The van der Waals surface area contributed by atoms with E-state index in [2.05, 4.69) is 107 Å². The van der Waals surface area contributed by atoms with Crippen LogP contribution in [0.5, 0.6) is 5.75 Å². The molecule has 1 nitrogen and oxygen atoms in total. The fraction of sp³-hybridized carbons (Fsp3) is 0.154. The summed E-state index contributed by atoms with van der Waals surface area (Å²) in [5.41, 5.74) is 5.17. The van der Waals surface area contributed by atoms with Gasteiger partial charge < -0.3 is 4.74 Å². The van der Waals surface area contributed by atoms with Crippen molar-refractivity contribution < 1.29 is 4.74 Å². The third-order valence-electron chi connectivity index (χ3n) is 5.35. The van der Waals surface area contributed by atoms with E-state index in [0.717, 1.165) is 16.6 Å². The van der Waals surface area contributed by atoms with Crippen LogP contribution in [-0.4, -0.2) is 7.11 Å². The van der Waals surface area contributed by atoms with Crippen LogP contribution in [0.4, 0.5) is 0 Å². The van der Waals surface area contributed by atoms with Crippen molar-refractivity contribution in [1.29, 1.82) is 0 Å². The van der Waals surface area contributed by atoms with Crippen LogP contribution in [0.3, 0.4) is 0 Å². The fourth-order valence-electron chi connectivity index (χ4n) is 3.92. The molecule has 0 bridgehead atoms. The molecule has 140 valence electrons. The summed E-state index contributed by atoms with van der Waals surface area (Å²) in [5, 5.41) is 0. The van der Waals surface area contributed by atoms with Gasteiger partial charge in [0, 0.05) is 16.0 Å². The molecule has 0 spiro atoms. The number of hydrogen-bond donors (Lipinski definition) is 0. The smallest absolute Gasteiger partial charge is 0.122 e. The van der Waals surface area contributed by atoms with Gasteiger partial charge in [0.25, 0.3) is 0 Å². The Kier molecular flexibility index (Phi) is 5.78. The monoisotopic (exact) mass is 430 g/mol. The van der Waals surface area contributed by atoms with Crippen molar-refractivity contribution in [2.45, 2.75) is 12.3 Å². The zero-order valence-electron chi connectivity index (χ0n) is 15.9. The third kappa shape index (κ3) is 4.13. The molecular weight excluding hydrogens is 408 g/mol. The maximum atomic E-state index is 5.67. The Morgan fingerprint density at radius 2 is 1.61 bits per heavy atom. The molecule has 0 unspecified atom stereocenters. The van der Waals surface area contributed by atoms with Gasteiger partial charge in [0.1, 0.15) is 5.75 Å². The van der Waals surface area contributed by atoms with Crippen molar-refractivity contribution in [3.63, 3.8) is 0 Å². The average Bonchev–Trinajstić information content (AvgIpc) is 3.17. The largest absolute Gasteiger partial charge is 0.496 e. The standard InChI is InChI=1S/C26H23BrO/c1-28-26-10-6-5-9-24(26)25-18-22(20-13-15-23(27)16-14-20)17-21(25)12-11-19-7-3-2-4-8-19/h2-16,18,21,25H,17H2,1H3/b12-11+/t21-,25-/m1/s1. The Bertz CT molecular complexity index is 986. The molecular formula is C26H23BrO.